The Morgan fingerprint density at radius 3 is 2.90 bits per heavy atom. The third kappa shape index (κ3) is 4.47. The van der Waals surface area contributed by atoms with Crippen LogP contribution in [0.4, 0.5) is 0 Å². The molecule has 0 spiro atoms. The van der Waals surface area contributed by atoms with Gasteiger partial charge in [0.05, 0.1) is 6.61 Å². The molecule has 2 rings (SSSR count). The number of nitrogens with one attached hydrogen (secondary N) is 1. The fourth-order valence-electron chi connectivity index (χ4n) is 2.07. The van der Waals surface area contributed by atoms with Crippen molar-refractivity contribution in [3.8, 4) is 5.75 Å². The van der Waals surface area contributed by atoms with Crippen molar-refractivity contribution < 1.29 is 19.4 Å². The number of halogens is 1. The summed E-state index contributed by atoms with van der Waals surface area (Å²) in [5.74, 6) is 0.376. The largest absolute Gasteiger partial charge is 0.483 e. The van der Waals surface area contributed by atoms with Gasteiger partial charge in [0.25, 0.3) is 5.91 Å². The zero-order chi connectivity index (χ0) is 14.4. The van der Waals surface area contributed by atoms with Crippen LogP contribution in [0.25, 0.3) is 0 Å². The molecule has 5 nitrogen and oxygen atoms in total. The predicted molar refractivity (Wildman–Crippen MR) is 77.5 cm³/mol. The Labute approximate surface area is 126 Å². The van der Waals surface area contributed by atoms with E-state index in [4.69, 9.17) is 9.47 Å². The van der Waals surface area contributed by atoms with Crippen molar-refractivity contribution in [1.29, 1.82) is 0 Å². The first kappa shape index (κ1) is 15.3. The molecule has 6 heteroatoms. The molecule has 2 N–H and O–H groups in total. The van der Waals surface area contributed by atoms with Crippen molar-refractivity contribution in [2.75, 3.05) is 19.8 Å². The molecule has 20 heavy (non-hydrogen) atoms. The van der Waals surface area contributed by atoms with Crippen LogP contribution in [0.1, 0.15) is 18.4 Å². The number of amides is 1. The average molecular weight is 344 g/mol. The lowest BCUT2D eigenvalue weighted by Crippen LogP contribution is -2.41. The Morgan fingerprint density at radius 2 is 2.20 bits per heavy atom. The lowest BCUT2D eigenvalue weighted by molar-refractivity contribution is -0.124. The molecule has 0 aliphatic carbocycles. The summed E-state index contributed by atoms with van der Waals surface area (Å²) in [7, 11) is 0. The molecule has 1 amide bonds. The van der Waals surface area contributed by atoms with Gasteiger partial charge in [-0.3, -0.25) is 4.79 Å². The maximum atomic E-state index is 11.8. The van der Waals surface area contributed by atoms with Crippen LogP contribution in [0.5, 0.6) is 5.75 Å². The molecule has 1 fully saturated rings. The maximum absolute atomic E-state index is 11.8. The minimum atomic E-state index is -0.149. The molecule has 1 aliphatic heterocycles. The second kappa shape index (κ2) is 7.61. The van der Waals surface area contributed by atoms with Gasteiger partial charge in [-0.05, 0) is 31.0 Å². The molecule has 0 unspecified atom stereocenters. The standard InChI is InChI=1S/C14H18BrNO4/c15-11-1-2-13(10(7-11)8-17)20-9-14(18)16-12-3-5-19-6-4-12/h1-2,7,12,17H,3-6,8-9H2,(H,16,18). The number of hydrogen-bond donors (Lipinski definition) is 2. The van der Waals surface area contributed by atoms with E-state index in [0.29, 0.717) is 24.5 Å². The number of aliphatic hydroxyl groups is 1. The number of aliphatic hydroxyl groups excluding tert-OH is 1. The molecule has 0 atom stereocenters. The third-order valence-corrected chi connectivity index (χ3v) is 3.63. The monoisotopic (exact) mass is 343 g/mol. The van der Waals surface area contributed by atoms with Gasteiger partial charge < -0.3 is 19.9 Å². The van der Waals surface area contributed by atoms with Crippen LogP contribution in [-0.2, 0) is 16.1 Å². The predicted octanol–water partition coefficient (Wildman–Crippen LogP) is 1.62. The van der Waals surface area contributed by atoms with Crippen molar-refractivity contribution in [1.82, 2.24) is 5.32 Å². The van der Waals surface area contributed by atoms with Crippen LogP contribution in [-0.4, -0.2) is 36.9 Å². The molecule has 0 aromatic heterocycles. The molecule has 1 aliphatic rings. The summed E-state index contributed by atoms with van der Waals surface area (Å²) in [6.07, 6.45) is 1.68. The van der Waals surface area contributed by atoms with Gasteiger partial charge >= 0.3 is 0 Å². The number of rotatable bonds is 5. The number of carbonyl (C=O) groups excluding carboxylic acids is 1. The smallest absolute Gasteiger partial charge is 0.258 e. The van der Waals surface area contributed by atoms with Crippen LogP contribution < -0.4 is 10.1 Å². The zero-order valence-corrected chi connectivity index (χ0v) is 12.7. The first-order valence-electron chi connectivity index (χ1n) is 6.58. The van der Waals surface area contributed by atoms with Gasteiger partial charge in [0.2, 0.25) is 0 Å². The Kier molecular flexibility index (Phi) is 5.82. The molecule has 0 bridgehead atoms. The zero-order valence-electron chi connectivity index (χ0n) is 11.1. The fraction of sp³-hybridized carbons (Fsp3) is 0.500. The van der Waals surface area contributed by atoms with E-state index >= 15 is 0 Å². The van der Waals surface area contributed by atoms with Crippen LogP contribution in [0.15, 0.2) is 22.7 Å². The van der Waals surface area contributed by atoms with Crippen molar-refractivity contribution in [3.63, 3.8) is 0 Å². The topological polar surface area (TPSA) is 67.8 Å². The van der Waals surface area contributed by atoms with Gasteiger partial charge in [0, 0.05) is 29.3 Å². The Bertz CT molecular complexity index is 460. The first-order valence-corrected chi connectivity index (χ1v) is 7.37. The van der Waals surface area contributed by atoms with E-state index in [1.807, 2.05) is 6.07 Å². The highest BCUT2D eigenvalue weighted by molar-refractivity contribution is 9.10. The van der Waals surface area contributed by atoms with Crippen molar-refractivity contribution >= 4 is 21.8 Å². The molecular weight excluding hydrogens is 326 g/mol. The van der Waals surface area contributed by atoms with Gasteiger partial charge in [-0.1, -0.05) is 15.9 Å². The number of benzene rings is 1. The SMILES string of the molecule is O=C(COc1ccc(Br)cc1CO)NC1CCOCC1. The van der Waals surface area contributed by atoms with Gasteiger partial charge in [0.1, 0.15) is 5.75 Å². The highest BCUT2D eigenvalue weighted by Gasteiger charge is 2.16. The van der Waals surface area contributed by atoms with Gasteiger partial charge in [0.15, 0.2) is 6.61 Å². The Balaban J connectivity index is 1.83. The van der Waals surface area contributed by atoms with Gasteiger partial charge in [-0.15, -0.1) is 0 Å². The second-order valence-corrected chi connectivity index (χ2v) is 5.57. The molecule has 0 saturated carbocycles. The number of carbonyl (C=O) groups is 1. The summed E-state index contributed by atoms with van der Waals surface area (Å²) in [6.45, 7) is 1.20. The Morgan fingerprint density at radius 1 is 1.45 bits per heavy atom. The van der Waals surface area contributed by atoms with E-state index in [2.05, 4.69) is 21.2 Å². The van der Waals surface area contributed by atoms with Crippen molar-refractivity contribution in [3.05, 3.63) is 28.2 Å². The van der Waals surface area contributed by atoms with E-state index < -0.39 is 0 Å². The van der Waals surface area contributed by atoms with E-state index in [1.54, 1.807) is 12.1 Å². The number of hydrogen-bond acceptors (Lipinski definition) is 4. The second-order valence-electron chi connectivity index (χ2n) is 4.65. The highest BCUT2D eigenvalue weighted by atomic mass is 79.9. The van der Waals surface area contributed by atoms with E-state index in [1.165, 1.54) is 0 Å². The summed E-state index contributed by atoms with van der Waals surface area (Å²) in [6, 6.07) is 5.48. The van der Waals surface area contributed by atoms with Crippen molar-refractivity contribution in [2.45, 2.75) is 25.5 Å². The fourth-order valence-corrected chi connectivity index (χ4v) is 2.48. The highest BCUT2D eigenvalue weighted by Crippen LogP contribution is 2.23. The third-order valence-electron chi connectivity index (χ3n) is 3.14. The lowest BCUT2D eigenvalue weighted by Gasteiger charge is -2.23. The molecule has 1 saturated heterocycles. The summed E-state index contributed by atoms with van der Waals surface area (Å²) in [5, 5.41) is 12.2. The van der Waals surface area contributed by atoms with Crippen molar-refractivity contribution in [2.24, 2.45) is 0 Å². The molecule has 0 radical (unpaired) electrons. The van der Waals surface area contributed by atoms with Crippen LogP contribution >= 0.6 is 15.9 Å². The average Bonchev–Trinajstić information content (AvgIpc) is 2.47. The molecule has 110 valence electrons. The normalized spacial score (nSPS) is 15.9. The first-order chi connectivity index (χ1) is 9.69. The van der Waals surface area contributed by atoms with Gasteiger partial charge in [-0.25, -0.2) is 0 Å². The minimum absolute atomic E-state index is 0.0496. The maximum Gasteiger partial charge on any atom is 0.258 e. The quantitative estimate of drug-likeness (QED) is 0.852. The van der Waals surface area contributed by atoms with Crippen LogP contribution in [0, 0.1) is 0 Å². The van der Waals surface area contributed by atoms with Crippen LogP contribution in [0.3, 0.4) is 0 Å². The number of ether oxygens (including phenoxy) is 2. The van der Waals surface area contributed by atoms with E-state index in [-0.39, 0.29) is 25.2 Å². The van der Waals surface area contributed by atoms with Gasteiger partial charge in [-0.2, -0.15) is 0 Å². The summed E-state index contributed by atoms with van der Waals surface area (Å²) < 4.78 is 11.6. The molecular formula is C14H18BrNO4. The summed E-state index contributed by atoms with van der Waals surface area (Å²) >= 11 is 3.33. The molecule has 1 heterocycles. The minimum Gasteiger partial charge on any atom is -0.483 e. The summed E-state index contributed by atoms with van der Waals surface area (Å²) in [5.41, 5.74) is 0.651. The van der Waals surface area contributed by atoms with Crippen LogP contribution in [0.2, 0.25) is 0 Å². The lowest BCUT2D eigenvalue weighted by atomic mass is 10.1. The Hall–Kier alpha value is -1.11. The summed E-state index contributed by atoms with van der Waals surface area (Å²) in [4.78, 5) is 11.8. The van der Waals surface area contributed by atoms with E-state index in [0.717, 1.165) is 17.3 Å². The molecule has 1 aromatic carbocycles. The van der Waals surface area contributed by atoms with E-state index in [9.17, 15) is 9.90 Å². The molecule has 1 aromatic rings.